The summed E-state index contributed by atoms with van der Waals surface area (Å²) in [6.45, 7) is 9.03. The lowest BCUT2D eigenvalue weighted by atomic mass is 10.1. The highest BCUT2D eigenvalue weighted by atomic mass is 32.2. The van der Waals surface area contributed by atoms with Crippen molar-refractivity contribution in [2.45, 2.75) is 38.1 Å². The topological polar surface area (TPSA) is 66.9 Å². The van der Waals surface area contributed by atoms with Crippen LogP contribution in [0.1, 0.15) is 27.7 Å². The highest BCUT2D eigenvalue weighted by Gasteiger charge is 2.12. The van der Waals surface area contributed by atoms with E-state index in [2.05, 4.69) is 34.7 Å². The molecule has 0 bridgehead atoms. The van der Waals surface area contributed by atoms with Crippen molar-refractivity contribution in [2.75, 3.05) is 17.6 Å². The van der Waals surface area contributed by atoms with Crippen LogP contribution < -0.4 is 10.6 Å². The zero-order valence-corrected chi connectivity index (χ0v) is 12.8. The van der Waals surface area contributed by atoms with Crippen LogP contribution in [0, 0.1) is 5.92 Å². The first kappa shape index (κ1) is 15.2. The molecule has 18 heavy (non-hydrogen) atoms. The summed E-state index contributed by atoms with van der Waals surface area (Å²) < 4.78 is 0.818. The minimum atomic E-state index is 0.0430. The van der Waals surface area contributed by atoms with Gasteiger partial charge in [-0.3, -0.25) is 4.79 Å². The molecule has 0 aliphatic carbocycles. The van der Waals surface area contributed by atoms with Crippen LogP contribution in [0.4, 0.5) is 5.13 Å². The van der Waals surface area contributed by atoms with Gasteiger partial charge in [-0.1, -0.05) is 36.9 Å². The van der Waals surface area contributed by atoms with E-state index in [0.717, 1.165) is 16.0 Å². The molecule has 0 radical (unpaired) electrons. The maximum Gasteiger partial charge on any atom is 0.230 e. The largest absolute Gasteiger partial charge is 0.360 e. The summed E-state index contributed by atoms with van der Waals surface area (Å²) in [7, 11) is 0. The van der Waals surface area contributed by atoms with E-state index < -0.39 is 0 Å². The molecule has 0 saturated carbocycles. The Hall–Kier alpha value is -0.820. The van der Waals surface area contributed by atoms with Crippen molar-refractivity contribution in [1.82, 2.24) is 15.5 Å². The van der Waals surface area contributed by atoms with Crippen molar-refractivity contribution < 1.29 is 4.79 Å². The van der Waals surface area contributed by atoms with Crippen LogP contribution in [0.5, 0.6) is 0 Å². The molecule has 1 amide bonds. The van der Waals surface area contributed by atoms with E-state index in [9.17, 15) is 4.79 Å². The van der Waals surface area contributed by atoms with Crippen molar-refractivity contribution in [1.29, 1.82) is 0 Å². The monoisotopic (exact) mass is 288 g/mol. The Bertz CT molecular complexity index is 381. The minimum Gasteiger partial charge on any atom is -0.360 e. The molecule has 0 spiro atoms. The van der Waals surface area contributed by atoms with E-state index in [4.69, 9.17) is 0 Å². The van der Waals surface area contributed by atoms with E-state index in [0.29, 0.717) is 11.7 Å². The number of carbonyl (C=O) groups excluding carboxylic acids is 1. The lowest BCUT2D eigenvalue weighted by Crippen LogP contribution is -2.37. The summed E-state index contributed by atoms with van der Waals surface area (Å²) in [4.78, 5) is 11.7. The van der Waals surface area contributed by atoms with Crippen molar-refractivity contribution in [3.8, 4) is 0 Å². The summed E-state index contributed by atoms with van der Waals surface area (Å²) >= 11 is 2.90. The Labute approximate surface area is 116 Å². The fourth-order valence-corrected chi connectivity index (χ4v) is 2.71. The zero-order valence-electron chi connectivity index (χ0n) is 11.2. The van der Waals surface area contributed by atoms with Gasteiger partial charge in [0, 0.05) is 12.6 Å². The molecule has 0 aliphatic heterocycles. The summed E-state index contributed by atoms with van der Waals surface area (Å²) in [6.07, 6.45) is 0. The van der Waals surface area contributed by atoms with Crippen LogP contribution in [-0.4, -0.2) is 34.4 Å². The van der Waals surface area contributed by atoms with Crippen LogP contribution >= 0.6 is 23.1 Å². The predicted molar refractivity (Wildman–Crippen MR) is 77.2 cm³/mol. The van der Waals surface area contributed by atoms with E-state index in [1.165, 1.54) is 23.1 Å². The van der Waals surface area contributed by atoms with Crippen LogP contribution in [0.15, 0.2) is 4.34 Å². The molecule has 1 heterocycles. The fraction of sp³-hybridized carbons (Fsp3) is 0.727. The highest BCUT2D eigenvalue weighted by molar-refractivity contribution is 8.01. The van der Waals surface area contributed by atoms with Gasteiger partial charge >= 0.3 is 0 Å². The predicted octanol–water partition coefficient (Wildman–Crippen LogP) is 2.22. The molecule has 1 aromatic heterocycles. The third-order valence-corrected chi connectivity index (χ3v) is 4.46. The third-order valence-electron chi connectivity index (χ3n) is 2.45. The van der Waals surface area contributed by atoms with Crippen molar-refractivity contribution in [3.05, 3.63) is 0 Å². The Morgan fingerprint density at radius 3 is 2.72 bits per heavy atom. The van der Waals surface area contributed by atoms with E-state index in [1.54, 1.807) is 0 Å². The SMILES string of the molecule is CCNc1nnc(SCC(=O)NC(C)C(C)C)s1. The van der Waals surface area contributed by atoms with Gasteiger partial charge in [0.2, 0.25) is 11.0 Å². The lowest BCUT2D eigenvalue weighted by Gasteiger charge is -2.16. The van der Waals surface area contributed by atoms with E-state index in [1.807, 2.05) is 13.8 Å². The van der Waals surface area contributed by atoms with Gasteiger partial charge in [-0.15, -0.1) is 10.2 Å². The summed E-state index contributed by atoms with van der Waals surface area (Å²) in [5, 5.41) is 14.8. The number of nitrogens with one attached hydrogen (secondary N) is 2. The molecule has 0 fully saturated rings. The Morgan fingerprint density at radius 2 is 2.11 bits per heavy atom. The molecular weight excluding hydrogens is 268 g/mol. The molecule has 0 saturated heterocycles. The Kier molecular flexibility index (Phi) is 6.42. The molecule has 1 unspecified atom stereocenters. The Morgan fingerprint density at radius 1 is 1.39 bits per heavy atom. The molecule has 102 valence electrons. The fourth-order valence-electron chi connectivity index (χ4n) is 1.08. The molecule has 7 heteroatoms. The van der Waals surface area contributed by atoms with E-state index >= 15 is 0 Å². The average Bonchev–Trinajstić information content (AvgIpc) is 2.74. The number of hydrogen-bond acceptors (Lipinski definition) is 6. The van der Waals surface area contributed by atoms with Crippen molar-refractivity contribution in [2.24, 2.45) is 5.92 Å². The number of thioether (sulfide) groups is 1. The van der Waals surface area contributed by atoms with Gasteiger partial charge in [0.25, 0.3) is 0 Å². The van der Waals surface area contributed by atoms with Crippen LogP contribution in [0.2, 0.25) is 0 Å². The molecule has 5 nitrogen and oxygen atoms in total. The van der Waals surface area contributed by atoms with Gasteiger partial charge < -0.3 is 10.6 Å². The second kappa shape index (κ2) is 7.58. The Balaban J connectivity index is 2.33. The number of anilines is 1. The standard InChI is InChI=1S/C11H20N4OS2/c1-5-12-10-14-15-11(18-10)17-6-9(16)13-8(4)7(2)3/h7-8H,5-6H2,1-4H3,(H,12,14)(H,13,16). The number of amides is 1. The van der Waals surface area contributed by atoms with Gasteiger partial charge in [-0.25, -0.2) is 0 Å². The maximum atomic E-state index is 11.7. The number of nitrogens with zero attached hydrogens (tertiary/aromatic N) is 2. The second-order valence-corrected chi connectivity index (χ2v) is 6.49. The van der Waals surface area contributed by atoms with Gasteiger partial charge in [-0.2, -0.15) is 0 Å². The molecule has 1 rings (SSSR count). The molecule has 1 aromatic rings. The van der Waals surface area contributed by atoms with Gasteiger partial charge in [0.05, 0.1) is 5.75 Å². The molecule has 1 atom stereocenters. The summed E-state index contributed by atoms with van der Waals surface area (Å²) in [5.74, 6) is 0.875. The smallest absolute Gasteiger partial charge is 0.230 e. The van der Waals surface area contributed by atoms with Crippen LogP contribution in [0.25, 0.3) is 0 Å². The molecule has 0 aromatic carbocycles. The molecule has 2 N–H and O–H groups in total. The van der Waals surface area contributed by atoms with Crippen LogP contribution in [0.3, 0.4) is 0 Å². The second-order valence-electron chi connectivity index (χ2n) is 4.29. The normalized spacial score (nSPS) is 12.5. The number of hydrogen-bond donors (Lipinski definition) is 2. The molecule has 0 aliphatic rings. The van der Waals surface area contributed by atoms with Gasteiger partial charge in [0.1, 0.15) is 0 Å². The van der Waals surface area contributed by atoms with Gasteiger partial charge in [0.15, 0.2) is 4.34 Å². The third kappa shape index (κ3) is 5.22. The van der Waals surface area contributed by atoms with Gasteiger partial charge in [-0.05, 0) is 19.8 Å². The number of carbonyl (C=O) groups is 1. The molecular formula is C11H20N4OS2. The maximum absolute atomic E-state index is 11.7. The minimum absolute atomic E-state index is 0.0430. The first-order valence-corrected chi connectivity index (χ1v) is 7.82. The van der Waals surface area contributed by atoms with E-state index in [-0.39, 0.29) is 11.9 Å². The van der Waals surface area contributed by atoms with Crippen molar-refractivity contribution >= 4 is 34.1 Å². The quantitative estimate of drug-likeness (QED) is 0.753. The first-order valence-electron chi connectivity index (χ1n) is 6.02. The van der Waals surface area contributed by atoms with Crippen molar-refractivity contribution in [3.63, 3.8) is 0 Å². The first-order chi connectivity index (χ1) is 8.52. The zero-order chi connectivity index (χ0) is 13.5. The number of aromatic nitrogens is 2. The summed E-state index contributed by atoms with van der Waals surface area (Å²) in [5.41, 5.74) is 0. The summed E-state index contributed by atoms with van der Waals surface area (Å²) in [6, 6.07) is 0.199. The van der Waals surface area contributed by atoms with Crippen LogP contribution in [-0.2, 0) is 4.79 Å². The average molecular weight is 288 g/mol. The highest BCUT2D eigenvalue weighted by Crippen LogP contribution is 2.25. The number of rotatable bonds is 7. The lowest BCUT2D eigenvalue weighted by molar-refractivity contribution is -0.119.